The number of carbonyl (C=O) groups is 1. The molecule has 1 unspecified atom stereocenters. The van der Waals surface area contributed by atoms with Gasteiger partial charge in [0, 0.05) is 25.2 Å². The molecule has 4 heteroatoms. The molecule has 23 heavy (non-hydrogen) atoms. The van der Waals surface area contributed by atoms with Crippen molar-refractivity contribution in [2.75, 3.05) is 6.54 Å². The first-order valence-corrected chi connectivity index (χ1v) is 8.41. The minimum atomic E-state index is -0.573. The fourth-order valence-electron chi connectivity index (χ4n) is 3.35. The molecule has 0 saturated heterocycles. The second-order valence-corrected chi connectivity index (χ2v) is 6.29. The summed E-state index contributed by atoms with van der Waals surface area (Å²) in [7, 11) is 0. The number of hydrogen-bond acceptors (Lipinski definition) is 2. The van der Waals surface area contributed by atoms with Gasteiger partial charge in [0.1, 0.15) is 5.69 Å². The van der Waals surface area contributed by atoms with Gasteiger partial charge in [-0.25, -0.2) is 0 Å². The summed E-state index contributed by atoms with van der Waals surface area (Å²) in [4.78, 5) is 12.4. The van der Waals surface area contributed by atoms with Crippen molar-refractivity contribution in [1.82, 2.24) is 9.88 Å². The van der Waals surface area contributed by atoms with Gasteiger partial charge in [-0.05, 0) is 30.5 Å². The minimum absolute atomic E-state index is 0.103. The maximum Gasteiger partial charge on any atom is 0.268 e. The van der Waals surface area contributed by atoms with Gasteiger partial charge in [-0.3, -0.25) is 4.79 Å². The van der Waals surface area contributed by atoms with Gasteiger partial charge in [0.25, 0.3) is 5.91 Å². The van der Waals surface area contributed by atoms with E-state index in [4.69, 9.17) is 0 Å². The Morgan fingerprint density at radius 3 is 2.65 bits per heavy atom. The fourth-order valence-corrected chi connectivity index (χ4v) is 3.35. The number of nitrogens with zero attached hydrogens (tertiary/aromatic N) is 1. The Balaban J connectivity index is 1.54. The first-order valence-electron chi connectivity index (χ1n) is 8.41. The van der Waals surface area contributed by atoms with Crippen LogP contribution in [0.15, 0.2) is 48.7 Å². The molecule has 1 heterocycles. The van der Waals surface area contributed by atoms with E-state index in [0.717, 1.165) is 18.4 Å². The normalized spacial score (nSPS) is 16.4. The van der Waals surface area contributed by atoms with Crippen LogP contribution in [0, 0.1) is 0 Å². The Kier molecular flexibility index (Phi) is 5.13. The predicted octanol–water partition coefficient (Wildman–Crippen LogP) is 2.94. The topological polar surface area (TPSA) is 54.3 Å². The zero-order valence-corrected chi connectivity index (χ0v) is 13.3. The number of benzene rings is 1. The van der Waals surface area contributed by atoms with Gasteiger partial charge in [-0.1, -0.05) is 43.2 Å². The van der Waals surface area contributed by atoms with Gasteiger partial charge < -0.3 is 15.0 Å². The van der Waals surface area contributed by atoms with E-state index in [1.165, 1.54) is 12.8 Å². The average Bonchev–Trinajstić information content (AvgIpc) is 3.24. The predicted molar refractivity (Wildman–Crippen MR) is 90.4 cm³/mol. The van der Waals surface area contributed by atoms with Gasteiger partial charge in [0.05, 0.1) is 6.10 Å². The van der Waals surface area contributed by atoms with Crippen molar-refractivity contribution in [3.8, 4) is 0 Å². The van der Waals surface area contributed by atoms with E-state index in [1.54, 1.807) is 0 Å². The summed E-state index contributed by atoms with van der Waals surface area (Å²) in [5.74, 6) is -0.103. The van der Waals surface area contributed by atoms with Crippen LogP contribution in [0.5, 0.6) is 0 Å². The van der Waals surface area contributed by atoms with Crippen LogP contribution in [-0.2, 0) is 6.42 Å². The first kappa shape index (κ1) is 15.8. The van der Waals surface area contributed by atoms with Crippen LogP contribution >= 0.6 is 0 Å². The smallest absolute Gasteiger partial charge is 0.268 e. The molecule has 0 bridgehead atoms. The summed E-state index contributed by atoms with van der Waals surface area (Å²) < 4.78 is 2.09. The van der Waals surface area contributed by atoms with Gasteiger partial charge in [-0.15, -0.1) is 0 Å². The highest BCUT2D eigenvalue weighted by atomic mass is 16.3. The third kappa shape index (κ3) is 4.02. The summed E-state index contributed by atoms with van der Waals surface area (Å²) in [6.45, 7) is 0.267. The summed E-state index contributed by atoms with van der Waals surface area (Å²) in [6, 6.07) is 14.1. The lowest BCUT2D eigenvalue weighted by Gasteiger charge is -2.17. The largest absolute Gasteiger partial charge is 0.391 e. The number of hydrogen-bond donors (Lipinski definition) is 2. The maximum absolute atomic E-state index is 12.4. The summed E-state index contributed by atoms with van der Waals surface area (Å²) in [5, 5.41) is 13.0. The highest BCUT2D eigenvalue weighted by Gasteiger charge is 2.21. The summed E-state index contributed by atoms with van der Waals surface area (Å²) >= 11 is 0. The van der Waals surface area contributed by atoms with E-state index in [1.807, 2.05) is 48.7 Å². The molecule has 0 aliphatic heterocycles. The molecular weight excluding hydrogens is 288 g/mol. The van der Waals surface area contributed by atoms with Crippen LogP contribution in [0.4, 0.5) is 0 Å². The Morgan fingerprint density at radius 1 is 1.17 bits per heavy atom. The van der Waals surface area contributed by atoms with Crippen LogP contribution in [0.25, 0.3) is 0 Å². The number of aromatic nitrogens is 1. The van der Waals surface area contributed by atoms with E-state index in [2.05, 4.69) is 9.88 Å². The Morgan fingerprint density at radius 2 is 1.91 bits per heavy atom. The Hall–Kier alpha value is -2.07. The lowest BCUT2D eigenvalue weighted by atomic mass is 10.1. The number of amides is 1. The number of aliphatic hydroxyl groups excluding tert-OH is 1. The number of aliphatic hydroxyl groups is 1. The zero-order chi connectivity index (χ0) is 16.1. The van der Waals surface area contributed by atoms with E-state index >= 15 is 0 Å². The molecule has 1 aromatic carbocycles. The second kappa shape index (κ2) is 7.47. The third-order valence-corrected chi connectivity index (χ3v) is 4.54. The maximum atomic E-state index is 12.4. The molecule has 1 aliphatic rings. The quantitative estimate of drug-likeness (QED) is 0.861. The van der Waals surface area contributed by atoms with Gasteiger partial charge in [0.15, 0.2) is 0 Å². The highest BCUT2D eigenvalue weighted by molar-refractivity contribution is 5.92. The summed E-state index contributed by atoms with van der Waals surface area (Å²) in [5.41, 5.74) is 1.77. The third-order valence-electron chi connectivity index (χ3n) is 4.54. The second-order valence-electron chi connectivity index (χ2n) is 6.29. The fraction of sp³-hybridized carbons (Fsp3) is 0.421. The average molecular weight is 312 g/mol. The van der Waals surface area contributed by atoms with Crippen LogP contribution in [0.1, 0.15) is 47.8 Å². The van der Waals surface area contributed by atoms with Crippen molar-refractivity contribution in [1.29, 1.82) is 0 Å². The van der Waals surface area contributed by atoms with Crippen molar-refractivity contribution in [2.24, 2.45) is 0 Å². The molecule has 2 N–H and O–H groups in total. The number of rotatable bonds is 6. The lowest BCUT2D eigenvalue weighted by Crippen LogP contribution is -2.34. The van der Waals surface area contributed by atoms with E-state index in [9.17, 15) is 9.90 Å². The van der Waals surface area contributed by atoms with Crippen molar-refractivity contribution in [3.63, 3.8) is 0 Å². The van der Waals surface area contributed by atoms with Gasteiger partial charge in [-0.2, -0.15) is 0 Å². The molecule has 122 valence electrons. The molecule has 1 fully saturated rings. The van der Waals surface area contributed by atoms with Crippen LogP contribution in [-0.4, -0.2) is 28.2 Å². The van der Waals surface area contributed by atoms with Crippen LogP contribution in [0.3, 0.4) is 0 Å². The monoisotopic (exact) mass is 312 g/mol. The molecule has 3 rings (SSSR count). The van der Waals surface area contributed by atoms with E-state index in [-0.39, 0.29) is 12.5 Å². The highest BCUT2D eigenvalue weighted by Crippen LogP contribution is 2.30. The molecule has 4 nitrogen and oxygen atoms in total. The standard InChI is InChI=1S/C19H24N2O2/c22-17(13-15-7-2-1-3-8-15)14-20-19(23)18-11-6-12-21(18)16-9-4-5-10-16/h1-3,6-8,11-12,16-17,22H,4-5,9-10,13-14H2,(H,20,23). The van der Waals surface area contributed by atoms with Crippen molar-refractivity contribution in [3.05, 3.63) is 59.9 Å². The van der Waals surface area contributed by atoms with Crippen molar-refractivity contribution >= 4 is 5.91 Å². The Labute approximate surface area is 137 Å². The molecule has 0 spiro atoms. The van der Waals surface area contributed by atoms with Crippen molar-refractivity contribution < 1.29 is 9.90 Å². The molecule has 1 amide bonds. The molecule has 0 radical (unpaired) electrons. The van der Waals surface area contributed by atoms with Gasteiger partial charge in [0.2, 0.25) is 0 Å². The Bertz CT molecular complexity index is 630. The minimum Gasteiger partial charge on any atom is -0.391 e. The molecule has 1 aliphatic carbocycles. The molecule has 2 aromatic rings. The zero-order valence-electron chi connectivity index (χ0n) is 13.3. The van der Waals surface area contributed by atoms with E-state index in [0.29, 0.717) is 18.2 Å². The number of carbonyl (C=O) groups excluding carboxylic acids is 1. The van der Waals surface area contributed by atoms with Crippen LogP contribution < -0.4 is 5.32 Å². The lowest BCUT2D eigenvalue weighted by molar-refractivity contribution is 0.0904. The van der Waals surface area contributed by atoms with Gasteiger partial charge >= 0.3 is 0 Å². The van der Waals surface area contributed by atoms with Crippen LogP contribution in [0.2, 0.25) is 0 Å². The first-order chi connectivity index (χ1) is 11.2. The van der Waals surface area contributed by atoms with Crippen molar-refractivity contribution in [2.45, 2.75) is 44.2 Å². The van der Waals surface area contributed by atoms with E-state index < -0.39 is 6.10 Å². The SMILES string of the molecule is O=C(NCC(O)Cc1ccccc1)c1cccn1C1CCCC1. The molecule has 1 atom stereocenters. The summed E-state index contributed by atoms with van der Waals surface area (Å²) in [6.07, 6.45) is 6.73. The molecule has 1 saturated carbocycles. The molecular formula is C19H24N2O2. The number of nitrogens with one attached hydrogen (secondary N) is 1. The molecule has 1 aromatic heterocycles.